The second kappa shape index (κ2) is 6.99. The molecule has 146 valence electrons. The van der Waals surface area contributed by atoms with Gasteiger partial charge in [0.05, 0.1) is 17.5 Å². The number of hydrogen-bond donors (Lipinski definition) is 0. The van der Waals surface area contributed by atoms with Crippen LogP contribution < -0.4 is 4.74 Å². The maximum Gasteiger partial charge on any atom is 0.254 e. The number of benzene rings is 2. The quantitative estimate of drug-likeness (QED) is 0.627. The predicted octanol–water partition coefficient (Wildman–Crippen LogP) is 4.27. The number of Topliss-reactive ketones (excluding diaryl/α,β-unsaturated/α-hetero) is 1. The first-order valence-corrected chi connectivity index (χ1v) is 10.1. The summed E-state index contributed by atoms with van der Waals surface area (Å²) in [6.07, 6.45) is 4.35. The molecule has 3 aromatic rings. The molecule has 5 rings (SSSR count). The Labute approximate surface area is 169 Å². The van der Waals surface area contributed by atoms with E-state index >= 15 is 0 Å². The van der Waals surface area contributed by atoms with E-state index in [-0.39, 0.29) is 11.7 Å². The summed E-state index contributed by atoms with van der Waals surface area (Å²) >= 11 is 0. The highest BCUT2D eigenvalue weighted by Gasteiger charge is 2.42. The summed E-state index contributed by atoms with van der Waals surface area (Å²) in [4.78, 5) is 32.2. The molecule has 0 radical (unpaired) electrons. The summed E-state index contributed by atoms with van der Waals surface area (Å²) in [6.45, 7) is 1.24. The Kier molecular flexibility index (Phi) is 4.31. The van der Waals surface area contributed by atoms with E-state index in [9.17, 15) is 9.59 Å². The maximum atomic E-state index is 13.3. The van der Waals surface area contributed by atoms with Gasteiger partial charge >= 0.3 is 0 Å². The van der Waals surface area contributed by atoms with Crippen LogP contribution in [-0.2, 0) is 0 Å². The van der Waals surface area contributed by atoms with Gasteiger partial charge in [-0.1, -0.05) is 24.3 Å². The van der Waals surface area contributed by atoms with Crippen molar-refractivity contribution in [3.8, 4) is 5.75 Å². The average molecular weight is 386 g/mol. The molecule has 1 unspecified atom stereocenters. The summed E-state index contributed by atoms with van der Waals surface area (Å²) in [6, 6.07) is 16.9. The number of nitrogens with zero attached hydrogens (tertiary/aromatic N) is 2. The number of carbonyl (C=O) groups excluding carboxylic acids is 2. The Hall–Kier alpha value is -3.21. The van der Waals surface area contributed by atoms with E-state index < -0.39 is 5.60 Å². The SMILES string of the molecule is O=C1CC2(CCCN(C(=O)c3cccc4ncccc34)CC2)Oc2ccccc21. The lowest BCUT2D eigenvalue weighted by atomic mass is 9.84. The molecule has 1 aromatic heterocycles. The van der Waals surface area contributed by atoms with Crippen LogP contribution in [0.25, 0.3) is 10.9 Å². The number of aromatic nitrogens is 1. The zero-order valence-corrected chi connectivity index (χ0v) is 16.1. The van der Waals surface area contributed by atoms with Gasteiger partial charge in [-0.25, -0.2) is 0 Å². The van der Waals surface area contributed by atoms with Gasteiger partial charge in [0.2, 0.25) is 0 Å². The van der Waals surface area contributed by atoms with E-state index in [4.69, 9.17) is 4.74 Å². The second-order valence-corrected chi connectivity index (χ2v) is 7.90. The highest BCUT2D eigenvalue weighted by molar-refractivity contribution is 6.06. The van der Waals surface area contributed by atoms with Crippen LogP contribution in [0.5, 0.6) is 5.75 Å². The van der Waals surface area contributed by atoms with Crippen molar-refractivity contribution in [2.24, 2.45) is 0 Å². The molecular weight excluding hydrogens is 364 g/mol. The number of fused-ring (bicyclic) bond motifs is 2. The van der Waals surface area contributed by atoms with Crippen LogP contribution in [0.3, 0.4) is 0 Å². The molecule has 2 aliphatic rings. The minimum Gasteiger partial charge on any atom is -0.486 e. The van der Waals surface area contributed by atoms with Crippen LogP contribution >= 0.6 is 0 Å². The normalized spacial score (nSPS) is 21.5. The van der Waals surface area contributed by atoms with Crippen LogP contribution in [0.15, 0.2) is 60.8 Å². The molecule has 0 bridgehead atoms. The first-order valence-electron chi connectivity index (χ1n) is 10.1. The fourth-order valence-electron chi connectivity index (χ4n) is 4.55. The van der Waals surface area contributed by atoms with Gasteiger partial charge in [0.15, 0.2) is 5.78 Å². The van der Waals surface area contributed by atoms with Crippen molar-refractivity contribution in [2.75, 3.05) is 13.1 Å². The smallest absolute Gasteiger partial charge is 0.254 e. The van der Waals surface area contributed by atoms with Crippen LogP contribution in [0.1, 0.15) is 46.4 Å². The van der Waals surface area contributed by atoms with Gasteiger partial charge in [-0.05, 0) is 43.2 Å². The van der Waals surface area contributed by atoms with Gasteiger partial charge in [0.25, 0.3) is 5.91 Å². The standard InChI is InChI=1S/C24H22N2O3/c27-21-16-24(29-22-10-2-1-6-19(21)22)11-5-14-26(15-12-24)23(28)18-7-3-9-20-17(18)8-4-13-25-20/h1-4,6-10,13H,5,11-12,14-16H2. The molecule has 1 amide bonds. The number of amides is 1. The lowest BCUT2D eigenvalue weighted by molar-refractivity contribution is 0.0300. The Morgan fingerprint density at radius 2 is 1.90 bits per heavy atom. The van der Waals surface area contributed by atoms with Crippen LogP contribution in [0.2, 0.25) is 0 Å². The number of ketones is 1. The lowest BCUT2D eigenvalue weighted by Crippen LogP contribution is -2.43. The highest BCUT2D eigenvalue weighted by Crippen LogP contribution is 2.39. The number of para-hydroxylation sites is 1. The third kappa shape index (κ3) is 3.16. The summed E-state index contributed by atoms with van der Waals surface area (Å²) in [5.74, 6) is 0.818. The van der Waals surface area contributed by atoms with Crippen molar-refractivity contribution in [1.29, 1.82) is 0 Å². The Bertz CT molecular complexity index is 1100. The van der Waals surface area contributed by atoms with Gasteiger partial charge < -0.3 is 9.64 Å². The minimum absolute atomic E-state index is 0.0168. The first kappa shape index (κ1) is 17.9. The molecule has 0 N–H and O–H groups in total. The van der Waals surface area contributed by atoms with Crippen molar-refractivity contribution in [3.05, 3.63) is 71.9 Å². The molecule has 1 atom stereocenters. The predicted molar refractivity (Wildman–Crippen MR) is 110 cm³/mol. The van der Waals surface area contributed by atoms with E-state index in [1.54, 1.807) is 6.20 Å². The third-order valence-corrected chi connectivity index (χ3v) is 6.06. The molecule has 2 aliphatic heterocycles. The number of pyridine rings is 1. The van der Waals surface area contributed by atoms with E-state index in [2.05, 4.69) is 4.98 Å². The van der Waals surface area contributed by atoms with E-state index in [1.165, 1.54) is 0 Å². The van der Waals surface area contributed by atoms with E-state index in [0.29, 0.717) is 42.8 Å². The Balaban J connectivity index is 1.39. The molecule has 5 nitrogen and oxygen atoms in total. The van der Waals surface area contributed by atoms with Crippen molar-refractivity contribution in [3.63, 3.8) is 0 Å². The van der Waals surface area contributed by atoms with Crippen molar-refractivity contribution >= 4 is 22.6 Å². The van der Waals surface area contributed by atoms with Crippen LogP contribution in [0, 0.1) is 0 Å². The van der Waals surface area contributed by atoms with E-state index in [0.717, 1.165) is 23.7 Å². The van der Waals surface area contributed by atoms with Gasteiger partial charge in [-0.3, -0.25) is 14.6 Å². The molecular formula is C24H22N2O3. The molecule has 3 heterocycles. The van der Waals surface area contributed by atoms with Gasteiger partial charge in [-0.2, -0.15) is 0 Å². The van der Waals surface area contributed by atoms with Crippen LogP contribution in [0.4, 0.5) is 0 Å². The summed E-state index contributed by atoms with van der Waals surface area (Å²) < 4.78 is 6.35. The lowest BCUT2D eigenvalue weighted by Gasteiger charge is -2.37. The number of hydrogen-bond acceptors (Lipinski definition) is 4. The summed E-state index contributed by atoms with van der Waals surface area (Å²) in [7, 11) is 0. The zero-order chi connectivity index (χ0) is 19.8. The Morgan fingerprint density at radius 1 is 1.00 bits per heavy atom. The molecule has 1 fully saturated rings. The molecule has 1 saturated heterocycles. The molecule has 0 aliphatic carbocycles. The third-order valence-electron chi connectivity index (χ3n) is 6.06. The van der Waals surface area contributed by atoms with Gasteiger partial charge in [0, 0.05) is 36.7 Å². The monoisotopic (exact) mass is 386 g/mol. The first-order chi connectivity index (χ1) is 14.2. The van der Waals surface area contributed by atoms with Crippen LogP contribution in [-0.4, -0.2) is 40.3 Å². The molecule has 5 heteroatoms. The number of rotatable bonds is 1. The van der Waals surface area contributed by atoms with Crippen molar-refractivity contribution < 1.29 is 14.3 Å². The molecule has 1 spiro atoms. The maximum absolute atomic E-state index is 13.3. The van der Waals surface area contributed by atoms with Gasteiger partial charge in [-0.15, -0.1) is 0 Å². The zero-order valence-electron chi connectivity index (χ0n) is 16.1. The fraction of sp³-hybridized carbons (Fsp3) is 0.292. The second-order valence-electron chi connectivity index (χ2n) is 7.90. The highest BCUT2D eigenvalue weighted by atomic mass is 16.5. The average Bonchev–Trinajstić information content (AvgIpc) is 2.95. The molecule has 0 saturated carbocycles. The summed E-state index contributed by atoms with van der Waals surface area (Å²) in [5.41, 5.74) is 1.65. The fourth-order valence-corrected chi connectivity index (χ4v) is 4.55. The minimum atomic E-state index is -0.513. The largest absolute Gasteiger partial charge is 0.486 e. The number of carbonyl (C=O) groups is 2. The van der Waals surface area contributed by atoms with Crippen molar-refractivity contribution in [2.45, 2.75) is 31.3 Å². The topological polar surface area (TPSA) is 59.5 Å². The Morgan fingerprint density at radius 3 is 2.83 bits per heavy atom. The number of ether oxygens (including phenoxy) is 1. The van der Waals surface area contributed by atoms with Gasteiger partial charge in [0.1, 0.15) is 11.4 Å². The molecule has 2 aromatic carbocycles. The van der Waals surface area contributed by atoms with Crippen molar-refractivity contribution in [1.82, 2.24) is 9.88 Å². The molecule has 29 heavy (non-hydrogen) atoms. The van der Waals surface area contributed by atoms with E-state index in [1.807, 2.05) is 59.5 Å². The summed E-state index contributed by atoms with van der Waals surface area (Å²) in [5, 5.41) is 0.872. The number of likely N-dealkylation sites (tertiary alicyclic amines) is 1.